The summed E-state index contributed by atoms with van der Waals surface area (Å²) in [6, 6.07) is 9.86. The van der Waals surface area contributed by atoms with Crippen molar-refractivity contribution in [3.8, 4) is 0 Å². The van der Waals surface area contributed by atoms with Gasteiger partial charge in [-0.2, -0.15) is 0 Å². The predicted octanol–water partition coefficient (Wildman–Crippen LogP) is 3.86. The number of carbonyl (C=O) groups is 1. The van der Waals surface area contributed by atoms with Crippen LogP contribution in [0.4, 0.5) is 4.79 Å². The number of carbonyl (C=O) groups excluding carboxylic acids is 1. The standard InChI is InChI=1S/C17H23NO2/c1-13-9-10-15(3)18(11-14(13)2)17(19)20-12-16-7-5-4-6-8-16/h4-10,13-15H,11-12H2,1-3H3/t13-,14-,15+/m1/s1. The van der Waals surface area contributed by atoms with Gasteiger partial charge < -0.3 is 9.64 Å². The largest absolute Gasteiger partial charge is 0.445 e. The Labute approximate surface area is 121 Å². The fraction of sp³-hybridized carbons (Fsp3) is 0.471. The molecule has 0 unspecified atom stereocenters. The summed E-state index contributed by atoms with van der Waals surface area (Å²) in [5, 5.41) is 0. The van der Waals surface area contributed by atoms with Crippen LogP contribution in [0.15, 0.2) is 42.5 Å². The van der Waals surface area contributed by atoms with Crippen molar-refractivity contribution < 1.29 is 9.53 Å². The summed E-state index contributed by atoms with van der Waals surface area (Å²) in [6.45, 7) is 7.46. The van der Waals surface area contributed by atoms with E-state index < -0.39 is 0 Å². The molecule has 1 aromatic rings. The molecule has 3 heteroatoms. The first kappa shape index (κ1) is 14.6. The van der Waals surface area contributed by atoms with Crippen molar-refractivity contribution in [2.75, 3.05) is 6.54 Å². The van der Waals surface area contributed by atoms with E-state index in [1.54, 1.807) is 0 Å². The molecule has 1 aliphatic rings. The molecule has 3 nitrogen and oxygen atoms in total. The molecule has 0 N–H and O–H groups in total. The van der Waals surface area contributed by atoms with Gasteiger partial charge in [0.25, 0.3) is 0 Å². The fourth-order valence-electron chi connectivity index (χ4n) is 2.32. The molecule has 3 atom stereocenters. The third-order valence-corrected chi connectivity index (χ3v) is 4.01. The highest BCUT2D eigenvalue weighted by molar-refractivity contribution is 5.68. The highest BCUT2D eigenvalue weighted by Crippen LogP contribution is 2.21. The minimum absolute atomic E-state index is 0.0886. The molecular formula is C17H23NO2. The van der Waals surface area contributed by atoms with Crippen LogP contribution in [0.1, 0.15) is 26.3 Å². The van der Waals surface area contributed by atoms with Gasteiger partial charge in [0.1, 0.15) is 6.61 Å². The zero-order valence-corrected chi connectivity index (χ0v) is 12.5. The van der Waals surface area contributed by atoms with E-state index in [0.717, 1.165) is 12.1 Å². The first-order chi connectivity index (χ1) is 9.58. The van der Waals surface area contributed by atoms with E-state index in [0.29, 0.717) is 18.4 Å². The Balaban J connectivity index is 1.96. The van der Waals surface area contributed by atoms with Gasteiger partial charge in [-0.05, 0) is 24.3 Å². The number of rotatable bonds is 2. The molecule has 1 aromatic carbocycles. The van der Waals surface area contributed by atoms with Crippen LogP contribution in [0.5, 0.6) is 0 Å². The van der Waals surface area contributed by atoms with Crippen molar-refractivity contribution in [2.24, 2.45) is 11.8 Å². The van der Waals surface area contributed by atoms with Crippen LogP contribution in [-0.4, -0.2) is 23.6 Å². The predicted molar refractivity (Wildman–Crippen MR) is 80.3 cm³/mol. The lowest BCUT2D eigenvalue weighted by Gasteiger charge is -2.28. The normalized spacial score (nSPS) is 26.1. The van der Waals surface area contributed by atoms with Gasteiger partial charge in [-0.25, -0.2) is 4.79 Å². The summed E-state index contributed by atoms with van der Waals surface area (Å²) in [5.41, 5.74) is 1.01. The maximum absolute atomic E-state index is 12.3. The molecule has 1 heterocycles. The van der Waals surface area contributed by atoms with Crippen molar-refractivity contribution in [1.82, 2.24) is 4.90 Å². The van der Waals surface area contributed by atoms with Crippen molar-refractivity contribution in [3.05, 3.63) is 48.0 Å². The first-order valence-corrected chi connectivity index (χ1v) is 7.23. The summed E-state index contributed by atoms with van der Waals surface area (Å²) in [7, 11) is 0. The van der Waals surface area contributed by atoms with Gasteiger partial charge in [-0.15, -0.1) is 0 Å². The second-order valence-corrected chi connectivity index (χ2v) is 5.65. The number of ether oxygens (including phenoxy) is 1. The average Bonchev–Trinajstić information content (AvgIpc) is 2.59. The van der Waals surface area contributed by atoms with E-state index in [9.17, 15) is 4.79 Å². The van der Waals surface area contributed by atoms with Crippen molar-refractivity contribution in [3.63, 3.8) is 0 Å². The number of allylic oxidation sites excluding steroid dienone is 1. The lowest BCUT2D eigenvalue weighted by Crippen LogP contribution is -2.40. The van der Waals surface area contributed by atoms with Crippen LogP contribution in [-0.2, 0) is 11.3 Å². The SMILES string of the molecule is C[C@@H]1C=C[C@H](C)N(C(=O)OCc2ccccc2)C[C@H]1C. The van der Waals surface area contributed by atoms with Gasteiger partial charge in [0, 0.05) is 6.54 Å². The van der Waals surface area contributed by atoms with Gasteiger partial charge in [-0.1, -0.05) is 56.3 Å². The second-order valence-electron chi connectivity index (χ2n) is 5.65. The van der Waals surface area contributed by atoms with Gasteiger partial charge in [-0.3, -0.25) is 0 Å². The van der Waals surface area contributed by atoms with Gasteiger partial charge in [0.05, 0.1) is 6.04 Å². The van der Waals surface area contributed by atoms with E-state index in [2.05, 4.69) is 26.0 Å². The monoisotopic (exact) mass is 273 g/mol. The summed E-state index contributed by atoms with van der Waals surface area (Å²) in [5.74, 6) is 0.935. The van der Waals surface area contributed by atoms with Crippen LogP contribution in [0.3, 0.4) is 0 Å². The van der Waals surface area contributed by atoms with Crippen molar-refractivity contribution in [1.29, 1.82) is 0 Å². The summed E-state index contributed by atoms with van der Waals surface area (Å²) in [4.78, 5) is 14.1. The third-order valence-electron chi connectivity index (χ3n) is 4.01. The number of amides is 1. The van der Waals surface area contributed by atoms with E-state index in [1.165, 1.54) is 0 Å². The van der Waals surface area contributed by atoms with Crippen LogP contribution in [0.25, 0.3) is 0 Å². The minimum Gasteiger partial charge on any atom is -0.445 e. The Morgan fingerprint density at radius 3 is 2.60 bits per heavy atom. The lowest BCUT2D eigenvalue weighted by atomic mass is 9.96. The molecule has 108 valence electrons. The molecule has 0 saturated heterocycles. The number of nitrogens with zero attached hydrogens (tertiary/aromatic N) is 1. The van der Waals surface area contributed by atoms with E-state index in [4.69, 9.17) is 4.74 Å². The maximum Gasteiger partial charge on any atom is 0.410 e. The Morgan fingerprint density at radius 1 is 1.20 bits per heavy atom. The molecule has 1 aliphatic heterocycles. The van der Waals surface area contributed by atoms with Crippen LogP contribution < -0.4 is 0 Å². The van der Waals surface area contributed by atoms with E-state index >= 15 is 0 Å². The first-order valence-electron chi connectivity index (χ1n) is 7.23. The maximum atomic E-state index is 12.3. The zero-order chi connectivity index (χ0) is 14.5. The molecule has 1 amide bonds. The molecule has 0 saturated carbocycles. The molecule has 0 aromatic heterocycles. The molecule has 20 heavy (non-hydrogen) atoms. The number of hydrogen-bond donors (Lipinski definition) is 0. The van der Waals surface area contributed by atoms with Crippen LogP contribution >= 0.6 is 0 Å². The summed E-state index contributed by atoms with van der Waals surface area (Å²) in [6.07, 6.45) is 4.06. The molecule has 0 spiro atoms. The highest BCUT2D eigenvalue weighted by atomic mass is 16.6. The smallest absolute Gasteiger partial charge is 0.410 e. The van der Waals surface area contributed by atoms with Crippen molar-refractivity contribution >= 4 is 6.09 Å². The Hall–Kier alpha value is -1.77. The minimum atomic E-state index is -0.230. The average molecular weight is 273 g/mol. The van der Waals surface area contributed by atoms with Crippen molar-refractivity contribution in [2.45, 2.75) is 33.4 Å². The summed E-state index contributed by atoms with van der Waals surface area (Å²) < 4.78 is 5.43. The number of hydrogen-bond acceptors (Lipinski definition) is 2. The molecular weight excluding hydrogens is 250 g/mol. The third kappa shape index (κ3) is 3.62. The molecule has 0 fully saturated rings. The molecule has 0 radical (unpaired) electrons. The Morgan fingerprint density at radius 2 is 1.90 bits per heavy atom. The summed E-state index contributed by atoms with van der Waals surface area (Å²) >= 11 is 0. The topological polar surface area (TPSA) is 29.5 Å². The van der Waals surface area contributed by atoms with Gasteiger partial charge >= 0.3 is 6.09 Å². The molecule has 0 aliphatic carbocycles. The van der Waals surface area contributed by atoms with Crippen LogP contribution in [0, 0.1) is 11.8 Å². The number of benzene rings is 1. The quantitative estimate of drug-likeness (QED) is 0.766. The van der Waals surface area contributed by atoms with Crippen LogP contribution in [0.2, 0.25) is 0 Å². The van der Waals surface area contributed by atoms with Gasteiger partial charge in [0.2, 0.25) is 0 Å². The van der Waals surface area contributed by atoms with E-state index in [-0.39, 0.29) is 12.1 Å². The highest BCUT2D eigenvalue weighted by Gasteiger charge is 2.26. The molecule has 0 bridgehead atoms. The lowest BCUT2D eigenvalue weighted by molar-refractivity contribution is 0.0837. The fourth-order valence-corrected chi connectivity index (χ4v) is 2.32. The Bertz CT molecular complexity index is 469. The zero-order valence-electron chi connectivity index (χ0n) is 12.5. The Kier molecular flexibility index (Phi) is 4.83. The van der Waals surface area contributed by atoms with E-state index in [1.807, 2.05) is 42.2 Å². The second kappa shape index (κ2) is 6.60. The molecule has 2 rings (SSSR count). The van der Waals surface area contributed by atoms with Gasteiger partial charge in [0.15, 0.2) is 0 Å².